The molecule has 0 aliphatic carbocycles. The molecule has 7 nitrogen and oxygen atoms in total. The maximum Gasteiger partial charge on any atom is 0.256 e. The third-order valence-corrected chi connectivity index (χ3v) is 4.05. The molecule has 0 amide bonds. The van der Waals surface area contributed by atoms with Crippen molar-refractivity contribution in [3.63, 3.8) is 0 Å². The fourth-order valence-corrected chi connectivity index (χ4v) is 2.59. The van der Waals surface area contributed by atoms with Crippen LogP contribution in [0.1, 0.15) is 17.0 Å². The van der Waals surface area contributed by atoms with Crippen molar-refractivity contribution in [1.82, 2.24) is 9.97 Å². The number of imidazole rings is 1. The highest BCUT2D eigenvalue weighted by Gasteiger charge is 2.56. The summed E-state index contributed by atoms with van der Waals surface area (Å²) in [6, 6.07) is 3.74. The predicted molar refractivity (Wildman–Crippen MR) is 73.4 cm³/mol. The largest absolute Gasteiger partial charge is 0.394 e. The number of benzene rings is 1. The third-order valence-electron chi connectivity index (χ3n) is 4.05. The molecule has 1 aliphatic rings. The second-order valence-corrected chi connectivity index (χ2v) is 5.51. The lowest BCUT2D eigenvalue weighted by molar-refractivity contribution is -0.244. The zero-order valence-electron chi connectivity index (χ0n) is 11.7. The lowest BCUT2D eigenvalue weighted by atomic mass is 10.1. The lowest BCUT2D eigenvalue weighted by Gasteiger charge is -2.23. The first-order valence-corrected chi connectivity index (χ1v) is 6.71. The molecule has 4 atom stereocenters. The van der Waals surface area contributed by atoms with Gasteiger partial charge >= 0.3 is 0 Å². The minimum atomic E-state index is -2.17. The number of nitrogens with zero attached hydrogens (tertiary/aromatic N) is 1. The van der Waals surface area contributed by atoms with E-state index in [-0.39, 0.29) is 5.82 Å². The van der Waals surface area contributed by atoms with Gasteiger partial charge in [-0.1, -0.05) is 0 Å². The van der Waals surface area contributed by atoms with E-state index in [0.29, 0.717) is 11.0 Å². The maximum atomic E-state index is 10.5. The van der Waals surface area contributed by atoms with Crippen LogP contribution in [0, 0.1) is 13.8 Å². The van der Waals surface area contributed by atoms with E-state index in [9.17, 15) is 15.3 Å². The number of aryl methyl sites for hydroxylation is 2. The number of hydrogen-bond acceptors (Lipinski definition) is 6. The lowest BCUT2D eigenvalue weighted by Crippen LogP contribution is -2.41. The van der Waals surface area contributed by atoms with Gasteiger partial charge in [-0.3, -0.25) is 0 Å². The van der Waals surface area contributed by atoms with E-state index in [0.717, 1.165) is 11.1 Å². The van der Waals surface area contributed by atoms with Gasteiger partial charge in [0.05, 0.1) is 17.6 Å². The Morgan fingerprint density at radius 2 is 1.95 bits per heavy atom. The monoisotopic (exact) mass is 294 g/mol. The number of H-pyrrole nitrogens is 1. The van der Waals surface area contributed by atoms with Crippen LogP contribution >= 0.6 is 0 Å². The van der Waals surface area contributed by atoms with Crippen LogP contribution in [-0.2, 0) is 10.5 Å². The van der Waals surface area contributed by atoms with E-state index in [1.54, 1.807) is 0 Å². The molecule has 2 aromatic rings. The second kappa shape index (κ2) is 4.75. The molecule has 1 aromatic carbocycles. The first-order valence-electron chi connectivity index (χ1n) is 6.71. The van der Waals surface area contributed by atoms with Gasteiger partial charge in [-0.05, 0) is 37.1 Å². The van der Waals surface area contributed by atoms with Gasteiger partial charge in [0.1, 0.15) is 18.3 Å². The van der Waals surface area contributed by atoms with Crippen molar-refractivity contribution < 1.29 is 25.2 Å². The number of aromatic nitrogens is 2. The molecule has 2 heterocycles. The summed E-state index contributed by atoms with van der Waals surface area (Å²) >= 11 is 0. The Balaban J connectivity index is 2.07. The summed E-state index contributed by atoms with van der Waals surface area (Å²) in [5.74, 6) is -2.17. The van der Waals surface area contributed by atoms with Crippen LogP contribution in [0.25, 0.3) is 11.0 Å². The van der Waals surface area contributed by atoms with Crippen molar-refractivity contribution in [2.45, 2.75) is 37.9 Å². The normalized spacial score (nSPS) is 33.0. The summed E-state index contributed by atoms with van der Waals surface area (Å²) in [5, 5.41) is 39.4. The Hall–Kier alpha value is -1.51. The van der Waals surface area contributed by atoms with Gasteiger partial charge in [-0.25, -0.2) is 4.98 Å². The average molecular weight is 294 g/mol. The Morgan fingerprint density at radius 3 is 2.57 bits per heavy atom. The van der Waals surface area contributed by atoms with Crippen LogP contribution in [0.4, 0.5) is 0 Å². The molecule has 1 fully saturated rings. The highest BCUT2D eigenvalue weighted by Crippen LogP contribution is 2.37. The molecule has 1 aromatic heterocycles. The SMILES string of the molecule is Cc1cc2nc([C@]3(O)O[C@H](CO)[C@@H](O)[C@H]3O)[nH]c2cc1C. The summed E-state index contributed by atoms with van der Waals surface area (Å²) in [4.78, 5) is 7.14. The molecule has 114 valence electrons. The molecule has 0 unspecified atom stereocenters. The zero-order valence-corrected chi connectivity index (χ0v) is 11.7. The van der Waals surface area contributed by atoms with Crippen LogP contribution in [0.15, 0.2) is 12.1 Å². The molecule has 21 heavy (non-hydrogen) atoms. The number of aliphatic hydroxyl groups excluding tert-OH is 3. The van der Waals surface area contributed by atoms with Crippen LogP contribution in [-0.4, -0.2) is 55.3 Å². The Morgan fingerprint density at radius 1 is 1.29 bits per heavy atom. The molecule has 0 saturated carbocycles. The summed E-state index contributed by atoms with van der Waals surface area (Å²) in [7, 11) is 0. The number of aromatic amines is 1. The molecular formula is C14H18N2O5. The number of ether oxygens (including phenoxy) is 1. The van der Waals surface area contributed by atoms with Gasteiger partial charge in [-0.15, -0.1) is 0 Å². The van der Waals surface area contributed by atoms with Crippen molar-refractivity contribution >= 4 is 11.0 Å². The quantitative estimate of drug-likeness (QED) is 0.506. The molecule has 0 spiro atoms. The molecule has 3 rings (SSSR count). The van der Waals surface area contributed by atoms with E-state index in [4.69, 9.17) is 9.84 Å². The summed E-state index contributed by atoms with van der Waals surface area (Å²) in [6.07, 6.45) is -4.06. The zero-order chi connectivity index (χ0) is 15.4. The first-order chi connectivity index (χ1) is 9.86. The standard InChI is InChI=1S/C14H18N2O5/c1-6-3-8-9(4-7(6)2)16-13(15-8)14(20)12(19)11(18)10(5-17)21-14/h3-4,10-12,17-20H,5H2,1-2H3,(H,15,16)/t10-,11-,12-,14-/m1/s1. The number of fused-ring (bicyclic) bond motifs is 1. The molecule has 7 heteroatoms. The molecular weight excluding hydrogens is 276 g/mol. The Bertz CT molecular complexity index is 646. The van der Waals surface area contributed by atoms with E-state index in [1.807, 2.05) is 26.0 Å². The van der Waals surface area contributed by atoms with E-state index in [1.165, 1.54) is 0 Å². The fourth-order valence-electron chi connectivity index (χ4n) is 2.59. The van der Waals surface area contributed by atoms with Crippen molar-refractivity contribution in [3.05, 3.63) is 29.1 Å². The minimum absolute atomic E-state index is 0.00463. The van der Waals surface area contributed by atoms with E-state index in [2.05, 4.69) is 9.97 Å². The summed E-state index contributed by atoms with van der Waals surface area (Å²) in [5.41, 5.74) is 3.43. The van der Waals surface area contributed by atoms with Gasteiger partial charge < -0.3 is 30.1 Å². The predicted octanol–water partition coefficient (Wildman–Crippen LogP) is -0.562. The van der Waals surface area contributed by atoms with E-state index >= 15 is 0 Å². The van der Waals surface area contributed by atoms with Crippen LogP contribution in [0.2, 0.25) is 0 Å². The number of rotatable bonds is 2. The van der Waals surface area contributed by atoms with Crippen LogP contribution in [0.5, 0.6) is 0 Å². The Kier molecular flexibility index (Phi) is 3.27. The van der Waals surface area contributed by atoms with Gasteiger partial charge in [0.25, 0.3) is 5.79 Å². The van der Waals surface area contributed by atoms with Gasteiger partial charge in [0.15, 0.2) is 5.82 Å². The number of hydrogen-bond donors (Lipinski definition) is 5. The highest BCUT2D eigenvalue weighted by molar-refractivity contribution is 5.77. The molecule has 0 radical (unpaired) electrons. The van der Waals surface area contributed by atoms with Crippen LogP contribution in [0.3, 0.4) is 0 Å². The summed E-state index contributed by atoms with van der Waals surface area (Å²) < 4.78 is 5.21. The van der Waals surface area contributed by atoms with Crippen molar-refractivity contribution in [2.24, 2.45) is 0 Å². The average Bonchev–Trinajstić information content (AvgIpc) is 2.95. The van der Waals surface area contributed by atoms with Gasteiger partial charge in [0.2, 0.25) is 0 Å². The Labute approximate surface area is 120 Å². The molecule has 0 bridgehead atoms. The van der Waals surface area contributed by atoms with Crippen molar-refractivity contribution in [1.29, 1.82) is 0 Å². The maximum absolute atomic E-state index is 10.5. The topological polar surface area (TPSA) is 119 Å². The molecule has 5 N–H and O–H groups in total. The second-order valence-electron chi connectivity index (χ2n) is 5.51. The van der Waals surface area contributed by atoms with Gasteiger partial charge in [0, 0.05) is 0 Å². The smallest absolute Gasteiger partial charge is 0.256 e. The third kappa shape index (κ3) is 2.05. The number of aliphatic hydroxyl groups is 4. The number of nitrogens with one attached hydrogen (secondary N) is 1. The van der Waals surface area contributed by atoms with Crippen LogP contribution < -0.4 is 0 Å². The fraction of sp³-hybridized carbons (Fsp3) is 0.500. The molecule has 1 aliphatic heterocycles. The van der Waals surface area contributed by atoms with E-state index < -0.39 is 30.7 Å². The van der Waals surface area contributed by atoms with Crippen molar-refractivity contribution in [3.8, 4) is 0 Å². The highest BCUT2D eigenvalue weighted by atomic mass is 16.7. The first kappa shape index (κ1) is 14.4. The molecule has 1 saturated heterocycles. The summed E-state index contributed by atoms with van der Waals surface area (Å²) in [6.45, 7) is 3.39. The minimum Gasteiger partial charge on any atom is -0.394 e. The van der Waals surface area contributed by atoms with Crippen molar-refractivity contribution in [2.75, 3.05) is 6.61 Å². The van der Waals surface area contributed by atoms with Gasteiger partial charge in [-0.2, -0.15) is 0 Å².